The van der Waals surface area contributed by atoms with Gasteiger partial charge in [0.2, 0.25) is 5.89 Å². The summed E-state index contributed by atoms with van der Waals surface area (Å²) in [5.41, 5.74) is 1.59. The van der Waals surface area contributed by atoms with Crippen molar-refractivity contribution in [1.82, 2.24) is 4.98 Å². The molecule has 1 atom stereocenters. The van der Waals surface area contributed by atoms with Crippen molar-refractivity contribution >= 4 is 33.7 Å². The molecule has 0 radical (unpaired) electrons. The first-order valence-electron chi connectivity index (χ1n) is 6.29. The molecule has 0 amide bonds. The van der Waals surface area contributed by atoms with Gasteiger partial charge in [0.15, 0.2) is 0 Å². The van der Waals surface area contributed by atoms with Crippen molar-refractivity contribution in [3.63, 3.8) is 0 Å². The fourth-order valence-corrected chi connectivity index (χ4v) is 3.99. The molecule has 0 aliphatic heterocycles. The monoisotopic (exact) mass is 337 g/mol. The minimum atomic E-state index is -1.07. The third kappa shape index (κ3) is 3.61. The molecule has 21 heavy (non-hydrogen) atoms. The lowest BCUT2D eigenvalue weighted by molar-refractivity contribution is 0.574. The predicted molar refractivity (Wildman–Crippen MR) is 86.8 cm³/mol. The second-order valence-electron chi connectivity index (χ2n) is 4.44. The predicted octanol–water partition coefficient (Wildman–Crippen LogP) is 4.51. The summed E-state index contributed by atoms with van der Waals surface area (Å²) in [7, 11) is -1.07. The number of aromatic nitrogens is 1. The number of hydrogen-bond acceptors (Lipinski definition) is 4. The SMILES string of the molecule is O=[S@](Cc1coc(-c2cccs2)n1)Cc1ccccc1Cl. The first-order chi connectivity index (χ1) is 10.2. The van der Waals surface area contributed by atoms with E-state index in [1.165, 1.54) is 0 Å². The molecule has 0 saturated heterocycles. The molecule has 3 aromatic rings. The van der Waals surface area contributed by atoms with Gasteiger partial charge in [-0.05, 0) is 23.1 Å². The number of nitrogens with zero attached hydrogens (tertiary/aromatic N) is 1. The molecule has 0 bridgehead atoms. The lowest BCUT2D eigenvalue weighted by Gasteiger charge is -2.02. The van der Waals surface area contributed by atoms with Crippen LogP contribution in [0.15, 0.2) is 52.5 Å². The van der Waals surface area contributed by atoms with Gasteiger partial charge in [-0.15, -0.1) is 11.3 Å². The molecule has 108 valence electrons. The van der Waals surface area contributed by atoms with Crippen LogP contribution in [0.5, 0.6) is 0 Å². The zero-order chi connectivity index (χ0) is 14.7. The summed E-state index contributed by atoms with van der Waals surface area (Å²) in [6, 6.07) is 11.3. The van der Waals surface area contributed by atoms with Crippen molar-refractivity contribution in [3.8, 4) is 10.8 Å². The van der Waals surface area contributed by atoms with Crippen molar-refractivity contribution in [2.24, 2.45) is 0 Å². The van der Waals surface area contributed by atoms with Gasteiger partial charge < -0.3 is 4.42 Å². The molecule has 0 aliphatic rings. The summed E-state index contributed by atoms with van der Waals surface area (Å²) in [6.45, 7) is 0. The molecule has 1 aromatic carbocycles. The van der Waals surface area contributed by atoms with Crippen LogP contribution in [0.4, 0.5) is 0 Å². The average Bonchev–Trinajstić information content (AvgIpc) is 3.12. The number of thiophene rings is 1. The maximum atomic E-state index is 12.2. The highest BCUT2D eigenvalue weighted by Crippen LogP contribution is 2.24. The number of rotatable bonds is 5. The van der Waals surface area contributed by atoms with Crippen molar-refractivity contribution in [2.75, 3.05) is 0 Å². The largest absolute Gasteiger partial charge is 0.444 e. The molecule has 2 heterocycles. The van der Waals surface area contributed by atoms with E-state index < -0.39 is 10.8 Å². The van der Waals surface area contributed by atoms with Crippen LogP contribution >= 0.6 is 22.9 Å². The maximum Gasteiger partial charge on any atom is 0.236 e. The molecular formula is C15H12ClNO2S2. The number of benzene rings is 1. The molecule has 0 spiro atoms. The lowest BCUT2D eigenvalue weighted by Crippen LogP contribution is -2.00. The first-order valence-corrected chi connectivity index (χ1v) is 9.03. The Morgan fingerprint density at radius 1 is 1.19 bits per heavy atom. The van der Waals surface area contributed by atoms with Crippen LogP contribution in [0, 0.1) is 0 Å². The topological polar surface area (TPSA) is 43.1 Å². The van der Waals surface area contributed by atoms with Gasteiger partial charge in [0.1, 0.15) is 6.26 Å². The number of hydrogen-bond donors (Lipinski definition) is 0. The Kier molecular flexibility index (Phi) is 4.53. The lowest BCUT2D eigenvalue weighted by atomic mass is 10.2. The summed E-state index contributed by atoms with van der Waals surface area (Å²) in [5.74, 6) is 1.36. The summed E-state index contributed by atoms with van der Waals surface area (Å²) in [4.78, 5) is 5.34. The molecule has 3 nitrogen and oxygen atoms in total. The van der Waals surface area contributed by atoms with Gasteiger partial charge in [-0.1, -0.05) is 35.9 Å². The Bertz CT molecular complexity index is 753. The summed E-state index contributed by atoms with van der Waals surface area (Å²) < 4.78 is 17.6. The van der Waals surface area contributed by atoms with E-state index in [4.69, 9.17) is 16.0 Å². The van der Waals surface area contributed by atoms with E-state index in [9.17, 15) is 4.21 Å². The fraction of sp³-hybridized carbons (Fsp3) is 0.133. The molecule has 3 rings (SSSR count). The molecule has 0 saturated carbocycles. The van der Waals surface area contributed by atoms with Crippen LogP contribution in [-0.4, -0.2) is 9.19 Å². The molecular weight excluding hydrogens is 326 g/mol. The Balaban J connectivity index is 1.67. The zero-order valence-electron chi connectivity index (χ0n) is 11.0. The standard InChI is InChI=1S/C15H12ClNO2S2/c16-13-5-2-1-4-11(13)9-21(18)10-12-8-19-15(17-12)14-6-3-7-20-14/h1-8H,9-10H2/t21-/m0/s1. The van der Waals surface area contributed by atoms with Gasteiger partial charge in [-0.25, -0.2) is 4.98 Å². The van der Waals surface area contributed by atoms with E-state index in [1.807, 2.05) is 35.7 Å². The smallest absolute Gasteiger partial charge is 0.236 e. The van der Waals surface area contributed by atoms with E-state index >= 15 is 0 Å². The fourth-order valence-electron chi connectivity index (χ4n) is 1.89. The van der Waals surface area contributed by atoms with E-state index in [0.29, 0.717) is 28.1 Å². The first kappa shape index (κ1) is 14.5. The van der Waals surface area contributed by atoms with Crippen molar-refractivity contribution < 1.29 is 8.63 Å². The van der Waals surface area contributed by atoms with Crippen LogP contribution in [0.1, 0.15) is 11.3 Å². The average molecular weight is 338 g/mol. The Morgan fingerprint density at radius 2 is 2.05 bits per heavy atom. The Labute approximate surface area is 134 Å². The van der Waals surface area contributed by atoms with Gasteiger partial charge in [0.25, 0.3) is 0 Å². The molecule has 2 aromatic heterocycles. The zero-order valence-corrected chi connectivity index (χ0v) is 13.4. The summed E-state index contributed by atoms with van der Waals surface area (Å²) in [6.07, 6.45) is 1.57. The van der Waals surface area contributed by atoms with Gasteiger partial charge >= 0.3 is 0 Å². The van der Waals surface area contributed by atoms with Crippen LogP contribution in [-0.2, 0) is 22.3 Å². The van der Waals surface area contributed by atoms with Gasteiger partial charge in [-0.2, -0.15) is 0 Å². The molecule has 0 unspecified atom stereocenters. The maximum absolute atomic E-state index is 12.2. The highest BCUT2D eigenvalue weighted by molar-refractivity contribution is 7.83. The van der Waals surface area contributed by atoms with E-state index in [0.717, 1.165) is 10.4 Å². The second-order valence-corrected chi connectivity index (χ2v) is 7.25. The van der Waals surface area contributed by atoms with Crippen molar-refractivity contribution in [1.29, 1.82) is 0 Å². The van der Waals surface area contributed by atoms with Crippen molar-refractivity contribution in [2.45, 2.75) is 11.5 Å². The number of oxazole rings is 1. The molecule has 0 N–H and O–H groups in total. The highest BCUT2D eigenvalue weighted by Gasteiger charge is 2.11. The van der Waals surface area contributed by atoms with Crippen LogP contribution in [0.2, 0.25) is 5.02 Å². The van der Waals surface area contributed by atoms with E-state index in [2.05, 4.69) is 4.98 Å². The molecule has 6 heteroatoms. The summed E-state index contributed by atoms with van der Waals surface area (Å²) in [5, 5.41) is 2.61. The van der Waals surface area contributed by atoms with Gasteiger partial charge in [0, 0.05) is 15.8 Å². The van der Waals surface area contributed by atoms with Gasteiger partial charge in [0.05, 0.1) is 22.1 Å². The van der Waals surface area contributed by atoms with Crippen molar-refractivity contribution in [3.05, 3.63) is 64.3 Å². The second kappa shape index (κ2) is 6.56. The van der Waals surface area contributed by atoms with Crippen LogP contribution in [0.3, 0.4) is 0 Å². The normalized spacial score (nSPS) is 12.4. The molecule has 0 fully saturated rings. The van der Waals surface area contributed by atoms with Crippen LogP contribution < -0.4 is 0 Å². The Hall–Kier alpha value is -1.43. The van der Waals surface area contributed by atoms with Crippen LogP contribution in [0.25, 0.3) is 10.8 Å². The summed E-state index contributed by atoms with van der Waals surface area (Å²) >= 11 is 7.64. The molecule has 0 aliphatic carbocycles. The Morgan fingerprint density at radius 3 is 2.81 bits per heavy atom. The third-order valence-electron chi connectivity index (χ3n) is 2.87. The number of halogens is 1. The quantitative estimate of drug-likeness (QED) is 0.688. The minimum Gasteiger partial charge on any atom is -0.444 e. The van der Waals surface area contributed by atoms with E-state index in [1.54, 1.807) is 23.7 Å². The highest BCUT2D eigenvalue weighted by atomic mass is 35.5. The minimum absolute atomic E-state index is 0.361. The third-order valence-corrected chi connectivity index (χ3v) is 5.34. The van der Waals surface area contributed by atoms with E-state index in [-0.39, 0.29) is 0 Å². The van der Waals surface area contributed by atoms with Gasteiger partial charge in [-0.3, -0.25) is 4.21 Å².